The van der Waals surface area contributed by atoms with Crippen molar-refractivity contribution in [1.82, 2.24) is 10.7 Å². The van der Waals surface area contributed by atoms with Gasteiger partial charge in [0.1, 0.15) is 0 Å². The summed E-state index contributed by atoms with van der Waals surface area (Å²) < 4.78 is 0. The first-order valence-electron chi connectivity index (χ1n) is 4.82. The van der Waals surface area contributed by atoms with Gasteiger partial charge in [0.25, 0.3) is 0 Å². The molecule has 0 saturated carbocycles. The summed E-state index contributed by atoms with van der Waals surface area (Å²) in [5, 5.41) is 11.6. The Balaban J connectivity index is 4.17. The summed E-state index contributed by atoms with van der Waals surface area (Å²) in [6, 6.07) is 0. The topological polar surface area (TPSA) is 122 Å². The predicted octanol–water partition coefficient (Wildman–Crippen LogP) is -0.374. The minimum absolute atomic E-state index is 0.0891. The van der Waals surface area contributed by atoms with E-state index in [0.29, 0.717) is 6.61 Å². The SMILES string of the molecule is C=CCON(N=C(N)NOC/C=C/C)C(=N)N. The van der Waals surface area contributed by atoms with Crippen LogP contribution < -0.4 is 16.9 Å². The highest BCUT2D eigenvalue weighted by Gasteiger charge is 2.05. The van der Waals surface area contributed by atoms with Gasteiger partial charge >= 0.3 is 0 Å². The summed E-state index contributed by atoms with van der Waals surface area (Å²) in [5.74, 6) is -0.501. The van der Waals surface area contributed by atoms with Crippen LogP contribution in [0.3, 0.4) is 0 Å². The van der Waals surface area contributed by atoms with Crippen LogP contribution in [0.4, 0.5) is 0 Å². The van der Waals surface area contributed by atoms with Crippen molar-refractivity contribution in [3.05, 3.63) is 24.8 Å². The van der Waals surface area contributed by atoms with Gasteiger partial charge in [-0.25, -0.2) is 10.3 Å². The number of hydrazone groups is 1. The second kappa shape index (κ2) is 9.19. The minimum atomic E-state index is -0.412. The second-order valence-electron chi connectivity index (χ2n) is 2.71. The van der Waals surface area contributed by atoms with Gasteiger partial charge in [-0.2, -0.15) is 0 Å². The molecule has 0 unspecified atom stereocenters. The van der Waals surface area contributed by atoms with Crippen LogP contribution in [0.25, 0.3) is 0 Å². The van der Waals surface area contributed by atoms with Gasteiger partial charge in [-0.05, 0) is 6.92 Å². The van der Waals surface area contributed by atoms with Crippen LogP contribution in [0.1, 0.15) is 6.92 Å². The van der Waals surface area contributed by atoms with Gasteiger partial charge in [0.15, 0.2) is 0 Å². The maximum absolute atomic E-state index is 7.17. The van der Waals surface area contributed by atoms with Gasteiger partial charge in [0.2, 0.25) is 11.9 Å². The first-order chi connectivity index (χ1) is 8.11. The van der Waals surface area contributed by atoms with E-state index in [1.165, 1.54) is 6.08 Å². The second-order valence-corrected chi connectivity index (χ2v) is 2.71. The molecule has 0 aromatic carbocycles. The van der Waals surface area contributed by atoms with E-state index in [1.54, 1.807) is 6.08 Å². The van der Waals surface area contributed by atoms with Crippen LogP contribution >= 0.6 is 0 Å². The van der Waals surface area contributed by atoms with E-state index in [4.69, 9.17) is 26.6 Å². The smallest absolute Gasteiger partial charge is 0.238 e. The molecule has 0 bridgehead atoms. The Morgan fingerprint density at radius 1 is 1.53 bits per heavy atom. The monoisotopic (exact) mass is 242 g/mol. The lowest BCUT2D eigenvalue weighted by molar-refractivity contribution is -0.0875. The maximum atomic E-state index is 7.17. The third kappa shape index (κ3) is 7.82. The Bertz CT molecular complexity index is 302. The third-order valence-corrected chi connectivity index (χ3v) is 1.31. The van der Waals surface area contributed by atoms with E-state index in [0.717, 1.165) is 5.17 Å². The fraction of sp³-hybridized carbons (Fsp3) is 0.333. The molecule has 0 radical (unpaired) electrons. The van der Waals surface area contributed by atoms with Gasteiger partial charge in [-0.15, -0.1) is 11.7 Å². The summed E-state index contributed by atoms with van der Waals surface area (Å²) in [5.41, 5.74) is 13.0. The average molecular weight is 242 g/mol. The molecule has 8 nitrogen and oxygen atoms in total. The molecule has 96 valence electrons. The molecule has 0 aliphatic carbocycles. The fourth-order valence-corrected chi connectivity index (χ4v) is 0.654. The molecule has 0 saturated heterocycles. The highest BCUT2D eigenvalue weighted by Crippen LogP contribution is 1.90. The number of rotatable bonds is 7. The molecule has 0 rings (SSSR count). The number of hydrogen-bond donors (Lipinski definition) is 4. The molecule has 0 fully saturated rings. The quantitative estimate of drug-likeness (QED) is 0.159. The van der Waals surface area contributed by atoms with Crippen molar-refractivity contribution in [3.63, 3.8) is 0 Å². The van der Waals surface area contributed by atoms with E-state index in [-0.39, 0.29) is 12.6 Å². The average Bonchev–Trinajstić information content (AvgIpc) is 2.29. The highest BCUT2D eigenvalue weighted by atomic mass is 16.7. The van der Waals surface area contributed by atoms with Crippen molar-refractivity contribution in [2.45, 2.75) is 6.92 Å². The molecule has 0 heterocycles. The number of hydrogen-bond acceptors (Lipinski definition) is 4. The molecular formula is C9H18N6O2. The molecule has 17 heavy (non-hydrogen) atoms. The van der Waals surface area contributed by atoms with Crippen molar-refractivity contribution in [3.8, 4) is 0 Å². The van der Waals surface area contributed by atoms with Crippen molar-refractivity contribution in [2.75, 3.05) is 13.2 Å². The summed E-state index contributed by atoms with van der Waals surface area (Å²) in [6.45, 7) is 5.80. The molecule has 0 aliphatic heterocycles. The number of allylic oxidation sites excluding steroid dienone is 1. The first kappa shape index (κ1) is 14.9. The van der Waals surface area contributed by atoms with Gasteiger partial charge in [-0.1, -0.05) is 23.4 Å². The maximum Gasteiger partial charge on any atom is 0.238 e. The fourth-order valence-electron chi connectivity index (χ4n) is 0.654. The van der Waals surface area contributed by atoms with Crippen molar-refractivity contribution in [1.29, 1.82) is 5.41 Å². The predicted molar refractivity (Wildman–Crippen MR) is 65.4 cm³/mol. The lowest BCUT2D eigenvalue weighted by Gasteiger charge is -2.15. The lowest BCUT2D eigenvalue weighted by Crippen LogP contribution is -2.39. The molecule has 6 N–H and O–H groups in total. The van der Waals surface area contributed by atoms with Gasteiger partial charge in [0.05, 0.1) is 13.2 Å². The Hall–Kier alpha value is -2.06. The van der Waals surface area contributed by atoms with E-state index < -0.39 is 5.96 Å². The molecule has 0 aliphatic rings. The molecular weight excluding hydrogens is 224 g/mol. The zero-order chi connectivity index (χ0) is 13.1. The Kier molecular flexibility index (Phi) is 8.07. The standard InChI is InChI=1S/C9H18N6O2/c1-3-5-7-16-14-9(12)13-15(8(10)11)17-6-4-2/h3-5H,2,6-7H2,1H3,(H3,10,11)(H3,12,13,14)/b5-3+. The normalized spacial score (nSPS) is 11.5. The zero-order valence-corrected chi connectivity index (χ0v) is 9.72. The van der Waals surface area contributed by atoms with Gasteiger partial charge in [-0.3, -0.25) is 10.2 Å². The first-order valence-corrected chi connectivity index (χ1v) is 4.82. The lowest BCUT2D eigenvalue weighted by atomic mass is 10.6. The van der Waals surface area contributed by atoms with E-state index in [1.807, 2.05) is 13.0 Å². The van der Waals surface area contributed by atoms with Gasteiger partial charge in [0, 0.05) is 0 Å². The van der Waals surface area contributed by atoms with Crippen molar-refractivity contribution < 1.29 is 9.68 Å². The largest absolute Gasteiger partial charge is 0.367 e. The number of guanidine groups is 2. The Morgan fingerprint density at radius 3 is 2.76 bits per heavy atom. The molecule has 0 atom stereocenters. The Morgan fingerprint density at radius 2 is 2.24 bits per heavy atom. The van der Waals surface area contributed by atoms with E-state index >= 15 is 0 Å². The summed E-state index contributed by atoms with van der Waals surface area (Å²) in [4.78, 5) is 9.85. The third-order valence-electron chi connectivity index (χ3n) is 1.31. The van der Waals surface area contributed by atoms with Crippen molar-refractivity contribution in [2.24, 2.45) is 16.6 Å². The highest BCUT2D eigenvalue weighted by molar-refractivity contribution is 5.80. The molecule has 0 spiro atoms. The minimum Gasteiger partial charge on any atom is -0.367 e. The van der Waals surface area contributed by atoms with Crippen LogP contribution in [-0.2, 0) is 9.68 Å². The van der Waals surface area contributed by atoms with E-state index in [9.17, 15) is 0 Å². The summed E-state index contributed by atoms with van der Waals surface area (Å²) in [7, 11) is 0. The number of hydroxylamine groups is 2. The summed E-state index contributed by atoms with van der Waals surface area (Å²) >= 11 is 0. The van der Waals surface area contributed by atoms with Crippen molar-refractivity contribution >= 4 is 11.9 Å². The number of nitrogens with zero attached hydrogens (tertiary/aromatic N) is 2. The van der Waals surface area contributed by atoms with Crippen LogP contribution in [0.15, 0.2) is 29.9 Å². The molecule has 0 aromatic rings. The van der Waals surface area contributed by atoms with Crippen LogP contribution in [-0.4, -0.2) is 30.3 Å². The Labute approximate surface area is 100.0 Å². The van der Waals surface area contributed by atoms with E-state index in [2.05, 4.69) is 17.2 Å². The molecule has 0 aromatic heterocycles. The molecule has 8 heteroatoms. The van der Waals surface area contributed by atoms with Crippen LogP contribution in [0.2, 0.25) is 0 Å². The zero-order valence-electron chi connectivity index (χ0n) is 9.72. The number of nitrogens with one attached hydrogen (secondary N) is 2. The molecule has 0 amide bonds. The summed E-state index contributed by atoms with van der Waals surface area (Å²) in [6.07, 6.45) is 5.08. The van der Waals surface area contributed by atoms with Crippen LogP contribution in [0, 0.1) is 5.41 Å². The van der Waals surface area contributed by atoms with Crippen LogP contribution in [0.5, 0.6) is 0 Å². The van der Waals surface area contributed by atoms with Gasteiger partial charge < -0.3 is 11.5 Å². The number of nitrogens with two attached hydrogens (primary N) is 2.